The molecule has 0 radical (unpaired) electrons. The van der Waals surface area contributed by atoms with Gasteiger partial charge < -0.3 is 9.47 Å². The second-order valence-corrected chi connectivity index (χ2v) is 6.53. The van der Waals surface area contributed by atoms with Gasteiger partial charge in [0, 0.05) is 4.83 Å². The molecule has 0 N–H and O–H groups in total. The summed E-state index contributed by atoms with van der Waals surface area (Å²) in [5.41, 5.74) is 1.29. The quantitative estimate of drug-likeness (QED) is 0.450. The van der Waals surface area contributed by atoms with E-state index in [0.717, 1.165) is 11.5 Å². The Hall–Kier alpha value is -0.700. The number of fused-ring (bicyclic) bond motifs is 1. The third-order valence-electron chi connectivity index (χ3n) is 3.74. The van der Waals surface area contributed by atoms with Crippen molar-refractivity contribution in [1.82, 2.24) is 0 Å². The fraction of sp³-hybridized carbons (Fsp3) is 0.647. The van der Waals surface area contributed by atoms with Crippen molar-refractivity contribution in [2.75, 3.05) is 13.2 Å². The average Bonchev–Trinajstić information content (AvgIpc) is 2.50. The summed E-state index contributed by atoms with van der Waals surface area (Å²) in [6, 6.07) is 6.29. The predicted molar refractivity (Wildman–Crippen MR) is 87.1 cm³/mol. The first kappa shape index (κ1) is 15.7. The van der Waals surface area contributed by atoms with Gasteiger partial charge in [-0.25, -0.2) is 0 Å². The number of halogens is 1. The fourth-order valence-corrected chi connectivity index (χ4v) is 3.13. The Morgan fingerprint density at radius 1 is 1.00 bits per heavy atom. The van der Waals surface area contributed by atoms with E-state index in [0.29, 0.717) is 18.0 Å². The van der Waals surface area contributed by atoms with Gasteiger partial charge in [0.15, 0.2) is 11.5 Å². The Kier molecular flexibility index (Phi) is 6.71. The van der Waals surface area contributed by atoms with Crippen LogP contribution < -0.4 is 9.47 Å². The van der Waals surface area contributed by atoms with Crippen LogP contribution in [0.15, 0.2) is 18.2 Å². The Morgan fingerprint density at radius 3 is 2.50 bits per heavy atom. The number of ether oxygens (including phenoxy) is 2. The average molecular weight is 341 g/mol. The molecule has 0 fully saturated rings. The molecule has 0 amide bonds. The van der Waals surface area contributed by atoms with Gasteiger partial charge in [0.2, 0.25) is 0 Å². The zero-order chi connectivity index (χ0) is 14.2. The van der Waals surface area contributed by atoms with Gasteiger partial charge in [0.05, 0.1) is 0 Å². The van der Waals surface area contributed by atoms with Crippen molar-refractivity contribution in [2.24, 2.45) is 0 Å². The lowest BCUT2D eigenvalue weighted by Crippen LogP contribution is -2.15. The number of rotatable bonds is 8. The molecular formula is C17H25BrO2. The Labute approximate surface area is 131 Å². The molecule has 1 unspecified atom stereocenters. The molecule has 3 heteroatoms. The third kappa shape index (κ3) is 4.69. The second kappa shape index (κ2) is 8.56. The van der Waals surface area contributed by atoms with E-state index in [4.69, 9.17) is 9.47 Å². The fourth-order valence-electron chi connectivity index (χ4n) is 2.53. The topological polar surface area (TPSA) is 18.5 Å². The summed E-state index contributed by atoms with van der Waals surface area (Å²) in [7, 11) is 0. The van der Waals surface area contributed by atoms with E-state index in [1.165, 1.54) is 50.5 Å². The molecule has 1 aliphatic heterocycles. The van der Waals surface area contributed by atoms with E-state index < -0.39 is 0 Å². The Balaban J connectivity index is 1.76. The standard InChI is InChI=1S/C17H25BrO2/c1-2-3-4-5-6-7-8-15(18)14-9-10-16-17(13-14)20-12-11-19-16/h9-10,13,15H,2-8,11-12H2,1H3. The minimum absolute atomic E-state index is 0.421. The van der Waals surface area contributed by atoms with E-state index in [2.05, 4.69) is 35.0 Å². The molecule has 112 valence electrons. The first-order valence-corrected chi connectivity index (χ1v) is 8.76. The van der Waals surface area contributed by atoms with Gasteiger partial charge in [-0.1, -0.05) is 67.4 Å². The predicted octanol–water partition coefficient (Wildman–Crippen LogP) is 5.64. The molecule has 0 spiro atoms. The van der Waals surface area contributed by atoms with Gasteiger partial charge >= 0.3 is 0 Å². The molecule has 1 aromatic carbocycles. The van der Waals surface area contributed by atoms with Gasteiger partial charge in [-0.05, 0) is 24.1 Å². The molecule has 0 saturated carbocycles. The summed E-state index contributed by atoms with van der Waals surface area (Å²) >= 11 is 3.80. The summed E-state index contributed by atoms with van der Waals surface area (Å²) in [5, 5.41) is 0. The van der Waals surface area contributed by atoms with Crippen LogP contribution in [0.4, 0.5) is 0 Å². The number of hydrogen-bond donors (Lipinski definition) is 0. The molecular weight excluding hydrogens is 316 g/mol. The van der Waals surface area contributed by atoms with Crippen LogP contribution in [0.25, 0.3) is 0 Å². The van der Waals surface area contributed by atoms with E-state index in [9.17, 15) is 0 Å². The third-order valence-corrected chi connectivity index (χ3v) is 4.73. The van der Waals surface area contributed by atoms with E-state index >= 15 is 0 Å². The first-order valence-electron chi connectivity index (χ1n) is 7.85. The lowest BCUT2D eigenvalue weighted by molar-refractivity contribution is 0.171. The van der Waals surface area contributed by atoms with Crippen molar-refractivity contribution < 1.29 is 9.47 Å². The molecule has 1 aliphatic rings. The second-order valence-electron chi connectivity index (χ2n) is 5.43. The molecule has 20 heavy (non-hydrogen) atoms. The lowest BCUT2D eigenvalue weighted by atomic mass is 10.0. The highest BCUT2D eigenvalue weighted by Crippen LogP contribution is 2.36. The highest BCUT2D eigenvalue weighted by atomic mass is 79.9. The molecule has 1 atom stereocenters. The van der Waals surface area contributed by atoms with Crippen molar-refractivity contribution >= 4 is 15.9 Å². The van der Waals surface area contributed by atoms with Crippen molar-refractivity contribution in [2.45, 2.75) is 56.7 Å². The maximum atomic E-state index is 5.64. The van der Waals surface area contributed by atoms with Gasteiger partial charge in [0.25, 0.3) is 0 Å². The van der Waals surface area contributed by atoms with Crippen molar-refractivity contribution in [3.05, 3.63) is 23.8 Å². The zero-order valence-corrected chi connectivity index (χ0v) is 14.0. The molecule has 1 aromatic rings. The highest BCUT2D eigenvalue weighted by molar-refractivity contribution is 9.09. The van der Waals surface area contributed by atoms with Crippen LogP contribution in [-0.2, 0) is 0 Å². The summed E-state index contributed by atoms with van der Waals surface area (Å²) in [5.74, 6) is 1.76. The van der Waals surface area contributed by atoms with Crippen LogP contribution in [0.3, 0.4) is 0 Å². The minimum Gasteiger partial charge on any atom is -0.486 e. The van der Waals surface area contributed by atoms with Crippen LogP contribution in [0.5, 0.6) is 11.5 Å². The molecule has 1 heterocycles. The molecule has 0 bridgehead atoms. The van der Waals surface area contributed by atoms with Crippen molar-refractivity contribution in [1.29, 1.82) is 0 Å². The number of hydrogen-bond acceptors (Lipinski definition) is 2. The maximum Gasteiger partial charge on any atom is 0.161 e. The maximum absolute atomic E-state index is 5.64. The number of unbranched alkanes of at least 4 members (excludes halogenated alkanes) is 5. The van der Waals surface area contributed by atoms with Crippen LogP contribution >= 0.6 is 15.9 Å². The van der Waals surface area contributed by atoms with Gasteiger partial charge in [-0.15, -0.1) is 0 Å². The van der Waals surface area contributed by atoms with Crippen LogP contribution in [-0.4, -0.2) is 13.2 Å². The largest absolute Gasteiger partial charge is 0.486 e. The van der Waals surface area contributed by atoms with E-state index in [1.54, 1.807) is 0 Å². The number of alkyl halides is 1. The summed E-state index contributed by atoms with van der Waals surface area (Å²) in [4.78, 5) is 0.421. The van der Waals surface area contributed by atoms with Gasteiger partial charge in [0.1, 0.15) is 13.2 Å². The smallest absolute Gasteiger partial charge is 0.161 e. The van der Waals surface area contributed by atoms with Gasteiger partial charge in [-0.3, -0.25) is 0 Å². The normalized spacial score (nSPS) is 15.1. The summed E-state index contributed by atoms with van der Waals surface area (Å²) in [6.45, 7) is 3.57. The number of benzene rings is 1. The van der Waals surface area contributed by atoms with Gasteiger partial charge in [-0.2, -0.15) is 0 Å². The molecule has 0 aliphatic carbocycles. The molecule has 2 rings (SSSR count). The molecule has 2 nitrogen and oxygen atoms in total. The van der Waals surface area contributed by atoms with Crippen LogP contribution in [0.1, 0.15) is 62.3 Å². The monoisotopic (exact) mass is 340 g/mol. The minimum atomic E-state index is 0.421. The van der Waals surface area contributed by atoms with Crippen molar-refractivity contribution in [3.63, 3.8) is 0 Å². The first-order chi connectivity index (χ1) is 9.81. The summed E-state index contributed by atoms with van der Waals surface area (Å²) in [6.07, 6.45) is 9.26. The molecule has 0 saturated heterocycles. The SMILES string of the molecule is CCCCCCCCC(Br)c1ccc2c(c1)OCCO2. The molecule has 0 aromatic heterocycles. The van der Waals surface area contributed by atoms with Crippen molar-refractivity contribution in [3.8, 4) is 11.5 Å². The van der Waals surface area contributed by atoms with Crippen LogP contribution in [0, 0.1) is 0 Å². The summed E-state index contributed by atoms with van der Waals surface area (Å²) < 4.78 is 11.2. The zero-order valence-electron chi connectivity index (χ0n) is 12.4. The van der Waals surface area contributed by atoms with Crippen LogP contribution in [0.2, 0.25) is 0 Å². The van der Waals surface area contributed by atoms with E-state index in [-0.39, 0.29) is 0 Å². The Morgan fingerprint density at radius 2 is 1.70 bits per heavy atom. The Bertz CT molecular complexity index is 406. The lowest BCUT2D eigenvalue weighted by Gasteiger charge is -2.20. The van der Waals surface area contributed by atoms with E-state index in [1.807, 2.05) is 6.07 Å². The highest BCUT2D eigenvalue weighted by Gasteiger charge is 2.15.